The van der Waals surface area contributed by atoms with Gasteiger partial charge in [0.25, 0.3) is 5.91 Å². The lowest BCUT2D eigenvalue weighted by molar-refractivity contribution is 0.0480. The Balaban J connectivity index is 1.99. The van der Waals surface area contributed by atoms with Crippen LogP contribution in [0.2, 0.25) is 0 Å². The van der Waals surface area contributed by atoms with Crippen molar-refractivity contribution in [3.8, 4) is 0 Å². The van der Waals surface area contributed by atoms with Crippen molar-refractivity contribution < 1.29 is 9.90 Å². The molecule has 1 N–H and O–H groups in total. The molecule has 2 rings (SSSR count). The SMILES string of the molecule is CCCC(CCc1ccccc1)C(O)C(=O)n1ccnc1. The zero-order valence-electron chi connectivity index (χ0n) is 12.4. The molecule has 2 atom stereocenters. The third kappa shape index (κ3) is 4.26. The zero-order chi connectivity index (χ0) is 15.1. The Labute approximate surface area is 125 Å². The van der Waals surface area contributed by atoms with E-state index in [1.54, 1.807) is 12.4 Å². The summed E-state index contributed by atoms with van der Waals surface area (Å²) in [5, 5.41) is 10.4. The average molecular weight is 286 g/mol. The van der Waals surface area contributed by atoms with E-state index >= 15 is 0 Å². The predicted octanol–water partition coefficient (Wildman–Crippen LogP) is 2.93. The standard InChI is InChI=1S/C17H22N2O2/c1-2-6-15(10-9-14-7-4-3-5-8-14)16(20)17(21)19-12-11-18-13-19/h3-5,7-8,11-13,15-16,20H,2,6,9-10H2,1H3. The van der Waals surface area contributed by atoms with E-state index in [9.17, 15) is 9.90 Å². The number of nitrogens with zero attached hydrogens (tertiary/aromatic N) is 2. The van der Waals surface area contributed by atoms with Gasteiger partial charge in [-0.1, -0.05) is 43.7 Å². The number of aromatic nitrogens is 2. The summed E-state index contributed by atoms with van der Waals surface area (Å²) in [6, 6.07) is 10.2. The predicted molar refractivity (Wildman–Crippen MR) is 82.0 cm³/mol. The Morgan fingerprint density at radius 3 is 2.67 bits per heavy atom. The van der Waals surface area contributed by atoms with Crippen LogP contribution in [0.4, 0.5) is 0 Å². The van der Waals surface area contributed by atoms with Crippen LogP contribution in [0.5, 0.6) is 0 Å². The number of benzene rings is 1. The molecule has 1 heterocycles. The van der Waals surface area contributed by atoms with Crippen molar-refractivity contribution in [2.45, 2.75) is 38.7 Å². The van der Waals surface area contributed by atoms with Crippen molar-refractivity contribution in [3.63, 3.8) is 0 Å². The molecule has 4 heteroatoms. The number of aliphatic hydroxyl groups is 1. The first-order chi connectivity index (χ1) is 10.2. The van der Waals surface area contributed by atoms with Gasteiger partial charge in [0.05, 0.1) is 0 Å². The summed E-state index contributed by atoms with van der Waals surface area (Å²) in [4.78, 5) is 16.1. The van der Waals surface area contributed by atoms with Crippen LogP contribution in [0.3, 0.4) is 0 Å². The van der Waals surface area contributed by atoms with Crippen molar-refractivity contribution in [3.05, 3.63) is 54.6 Å². The molecule has 4 nitrogen and oxygen atoms in total. The molecule has 0 amide bonds. The van der Waals surface area contributed by atoms with Gasteiger partial charge in [-0.15, -0.1) is 0 Å². The molecule has 0 aliphatic heterocycles. The molecule has 0 bridgehead atoms. The number of hydrogen-bond donors (Lipinski definition) is 1. The summed E-state index contributed by atoms with van der Waals surface area (Å²) in [6.45, 7) is 2.07. The molecule has 0 aliphatic rings. The highest BCUT2D eigenvalue weighted by Crippen LogP contribution is 2.20. The topological polar surface area (TPSA) is 55.1 Å². The summed E-state index contributed by atoms with van der Waals surface area (Å²) in [5.41, 5.74) is 1.24. The largest absolute Gasteiger partial charge is 0.383 e. The fourth-order valence-electron chi connectivity index (χ4n) is 2.57. The van der Waals surface area contributed by atoms with Gasteiger partial charge in [-0.2, -0.15) is 0 Å². The highest BCUT2D eigenvalue weighted by atomic mass is 16.3. The Morgan fingerprint density at radius 2 is 2.05 bits per heavy atom. The maximum absolute atomic E-state index is 12.2. The van der Waals surface area contributed by atoms with Gasteiger partial charge < -0.3 is 5.11 Å². The number of imidazole rings is 1. The molecule has 2 unspecified atom stereocenters. The van der Waals surface area contributed by atoms with E-state index in [0.29, 0.717) is 0 Å². The van der Waals surface area contributed by atoms with Crippen molar-refractivity contribution in [2.75, 3.05) is 0 Å². The van der Waals surface area contributed by atoms with Gasteiger partial charge in [-0.25, -0.2) is 4.98 Å². The van der Waals surface area contributed by atoms with Crippen LogP contribution in [-0.2, 0) is 6.42 Å². The number of aliphatic hydroxyl groups excluding tert-OH is 1. The highest BCUT2D eigenvalue weighted by Gasteiger charge is 2.26. The Kier molecular flexibility index (Phi) is 5.69. The first-order valence-electron chi connectivity index (χ1n) is 7.46. The van der Waals surface area contributed by atoms with Crippen LogP contribution < -0.4 is 0 Å². The third-order valence-corrected chi connectivity index (χ3v) is 3.76. The molecule has 1 aromatic heterocycles. The van der Waals surface area contributed by atoms with Crippen LogP contribution in [0.25, 0.3) is 0 Å². The van der Waals surface area contributed by atoms with E-state index in [1.165, 1.54) is 16.5 Å². The molecule has 0 aliphatic carbocycles. The minimum absolute atomic E-state index is 0.0230. The molecule has 1 aromatic carbocycles. The van der Waals surface area contributed by atoms with Gasteiger partial charge in [-0.3, -0.25) is 9.36 Å². The number of carbonyl (C=O) groups is 1. The van der Waals surface area contributed by atoms with Crippen molar-refractivity contribution >= 4 is 5.91 Å². The fraction of sp³-hybridized carbons (Fsp3) is 0.412. The smallest absolute Gasteiger partial charge is 0.260 e. The second-order valence-corrected chi connectivity index (χ2v) is 5.33. The lowest BCUT2D eigenvalue weighted by atomic mass is 9.90. The van der Waals surface area contributed by atoms with E-state index in [4.69, 9.17) is 0 Å². The van der Waals surface area contributed by atoms with Gasteiger partial charge in [0, 0.05) is 12.4 Å². The highest BCUT2D eigenvalue weighted by molar-refractivity contribution is 5.83. The van der Waals surface area contributed by atoms with E-state index in [-0.39, 0.29) is 11.8 Å². The fourth-order valence-corrected chi connectivity index (χ4v) is 2.57. The Bertz CT molecular complexity index is 537. The maximum atomic E-state index is 12.2. The summed E-state index contributed by atoms with van der Waals surface area (Å²) in [5.74, 6) is -0.316. The monoisotopic (exact) mass is 286 g/mol. The van der Waals surface area contributed by atoms with Crippen LogP contribution in [0.1, 0.15) is 36.5 Å². The van der Waals surface area contributed by atoms with Crippen molar-refractivity contribution in [2.24, 2.45) is 5.92 Å². The van der Waals surface area contributed by atoms with Crippen LogP contribution in [-0.4, -0.2) is 26.7 Å². The zero-order valence-corrected chi connectivity index (χ0v) is 12.4. The summed E-state index contributed by atoms with van der Waals surface area (Å²) in [7, 11) is 0. The third-order valence-electron chi connectivity index (χ3n) is 3.76. The quantitative estimate of drug-likeness (QED) is 0.851. The Morgan fingerprint density at radius 1 is 1.29 bits per heavy atom. The van der Waals surface area contributed by atoms with Crippen LogP contribution in [0.15, 0.2) is 49.1 Å². The van der Waals surface area contributed by atoms with Crippen molar-refractivity contribution in [1.29, 1.82) is 0 Å². The summed E-state index contributed by atoms with van der Waals surface area (Å²) < 4.78 is 1.36. The second-order valence-electron chi connectivity index (χ2n) is 5.33. The molecule has 0 saturated carbocycles. The molecular formula is C17H22N2O2. The maximum Gasteiger partial charge on any atom is 0.260 e. The van der Waals surface area contributed by atoms with E-state index in [1.807, 2.05) is 18.2 Å². The average Bonchev–Trinajstić information content (AvgIpc) is 3.05. The number of carbonyl (C=O) groups excluding carboxylic acids is 1. The van der Waals surface area contributed by atoms with E-state index in [2.05, 4.69) is 24.0 Å². The van der Waals surface area contributed by atoms with Crippen LogP contribution in [0, 0.1) is 5.92 Å². The normalized spacial score (nSPS) is 13.8. The number of hydrogen-bond acceptors (Lipinski definition) is 3. The van der Waals surface area contributed by atoms with E-state index in [0.717, 1.165) is 25.7 Å². The lowest BCUT2D eigenvalue weighted by Crippen LogP contribution is -2.33. The van der Waals surface area contributed by atoms with Gasteiger partial charge in [0.2, 0.25) is 0 Å². The van der Waals surface area contributed by atoms with Gasteiger partial charge in [-0.05, 0) is 30.7 Å². The van der Waals surface area contributed by atoms with E-state index < -0.39 is 6.10 Å². The first-order valence-corrected chi connectivity index (χ1v) is 7.46. The molecule has 0 saturated heterocycles. The molecular weight excluding hydrogens is 264 g/mol. The number of rotatable bonds is 7. The molecule has 0 fully saturated rings. The minimum atomic E-state index is -0.970. The Hall–Kier alpha value is -1.94. The van der Waals surface area contributed by atoms with Gasteiger partial charge in [0.1, 0.15) is 12.4 Å². The molecule has 2 aromatic rings. The first kappa shape index (κ1) is 15.4. The second kappa shape index (κ2) is 7.74. The molecule has 0 radical (unpaired) electrons. The minimum Gasteiger partial charge on any atom is -0.383 e. The van der Waals surface area contributed by atoms with Gasteiger partial charge >= 0.3 is 0 Å². The number of aryl methyl sites for hydroxylation is 1. The van der Waals surface area contributed by atoms with Crippen molar-refractivity contribution in [1.82, 2.24) is 9.55 Å². The lowest BCUT2D eigenvalue weighted by Gasteiger charge is -2.21. The molecule has 21 heavy (non-hydrogen) atoms. The summed E-state index contributed by atoms with van der Waals surface area (Å²) in [6.07, 6.45) is 7.06. The summed E-state index contributed by atoms with van der Waals surface area (Å²) >= 11 is 0. The van der Waals surface area contributed by atoms with Gasteiger partial charge in [0.15, 0.2) is 0 Å². The van der Waals surface area contributed by atoms with Crippen LogP contribution >= 0.6 is 0 Å². The molecule has 112 valence electrons. The molecule has 0 spiro atoms.